The second kappa shape index (κ2) is 12.7. The first-order chi connectivity index (χ1) is 18.3. The highest BCUT2D eigenvalue weighted by molar-refractivity contribution is 5.86. The topological polar surface area (TPSA) is 81.7 Å². The van der Waals surface area contributed by atoms with E-state index in [1.54, 1.807) is 6.07 Å². The summed E-state index contributed by atoms with van der Waals surface area (Å²) < 4.78 is 0. The quantitative estimate of drug-likeness (QED) is 0.378. The Kier molecular flexibility index (Phi) is 9.19. The molecule has 1 fully saturated rings. The van der Waals surface area contributed by atoms with Crippen LogP contribution in [0.3, 0.4) is 0 Å². The summed E-state index contributed by atoms with van der Waals surface area (Å²) in [6, 6.07) is 27.4. The minimum atomic E-state index is -0.267. The number of nitrogens with zero attached hydrogens (tertiary/aromatic N) is 1. The molecule has 0 bridgehead atoms. The lowest BCUT2D eigenvalue weighted by Gasteiger charge is -2.45. The molecule has 1 saturated heterocycles. The summed E-state index contributed by atoms with van der Waals surface area (Å²) in [5.74, 6) is 0.0801. The van der Waals surface area contributed by atoms with Crippen LogP contribution in [0, 0.1) is 11.8 Å². The summed E-state index contributed by atoms with van der Waals surface area (Å²) in [5, 5.41) is 15.8. The van der Waals surface area contributed by atoms with Crippen molar-refractivity contribution in [2.24, 2.45) is 11.8 Å². The number of carbonyl (C=O) groups is 2. The zero-order chi connectivity index (χ0) is 27.0. The predicted molar refractivity (Wildman–Crippen MR) is 151 cm³/mol. The van der Waals surface area contributed by atoms with E-state index in [1.807, 2.05) is 72.8 Å². The zero-order valence-electron chi connectivity index (χ0n) is 22.4. The average Bonchev–Trinajstić information content (AvgIpc) is 2.93. The maximum atomic E-state index is 13.3. The van der Waals surface area contributed by atoms with Crippen molar-refractivity contribution >= 4 is 11.8 Å². The van der Waals surface area contributed by atoms with Gasteiger partial charge in [0.2, 0.25) is 11.8 Å². The fraction of sp³-hybridized carbons (Fsp3) is 0.375. The van der Waals surface area contributed by atoms with Crippen LogP contribution in [0.1, 0.15) is 37.0 Å². The second-order valence-corrected chi connectivity index (χ2v) is 10.7. The Bertz CT molecular complexity index is 1200. The Labute approximate surface area is 226 Å². The number of rotatable bonds is 10. The molecule has 38 heavy (non-hydrogen) atoms. The first-order valence-electron chi connectivity index (χ1n) is 13.5. The van der Waals surface area contributed by atoms with Crippen LogP contribution in [-0.4, -0.2) is 48.0 Å². The number of amides is 2. The largest absolute Gasteiger partial charge is 0.508 e. The molecule has 6 nitrogen and oxygen atoms in total. The number of nitrogens with one attached hydrogen (secondary N) is 2. The van der Waals surface area contributed by atoms with Crippen molar-refractivity contribution in [2.45, 2.75) is 38.6 Å². The van der Waals surface area contributed by atoms with E-state index in [-0.39, 0.29) is 29.7 Å². The molecule has 3 atom stereocenters. The monoisotopic (exact) mass is 513 g/mol. The number of likely N-dealkylation sites (tertiary alicyclic amines) is 1. The van der Waals surface area contributed by atoms with E-state index in [9.17, 15) is 14.7 Å². The predicted octanol–water partition coefficient (Wildman–Crippen LogP) is 4.28. The van der Waals surface area contributed by atoms with E-state index in [0.717, 1.165) is 36.2 Å². The molecule has 1 aliphatic heterocycles. The lowest BCUT2D eigenvalue weighted by Crippen LogP contribution is -2.50. The van der Waals surface area contributed by atoms with Crippen molar-refractivity contribution in [1.29, 1.82) is 0 Å². The Morgan fingerprint density at radius 3 is 2.32 bits per heavy atom. The number of benzene rings is 3. The normalized spacial score (nSPS) is 20.4. The van der Waals surface area contributed by atoms with Crippen LogP contribution >= 0.6 is 0 Å². The minimum Gasteiger partial charge on any atom is -0.508 e. The maximum Gasteiger partial charge on any atom is 0.239 e. The van der Waals surface area contributed by atoms with Crippen LogP contribution in [0.4, 0.5) is 0 Å². The molecule has 0 aliphatic carbocycles. The molecule has 1 unspecified atom stereocenters. The van der Waals surface area contributed by atoms with Gasteiger partial charge in [0.05, 0.1) is 12.5 Å². The van der Waals surface area contributed by atoms with Gasteiger partial charge in [-0.25, -0.2) is 0 Å². The van der Waals surface area contributed by atoms with Gasteiger partial charge in [-0.1, -0.05) is 86.6 Å². The molecule has 0 aromatic heterocycles. The fourth-order valence-corrected chi connectivity index (χ4v) is 5.39. The molecule has 3 N–H and O–H groups in total. The molecule has 3 aromatic rings. The lowest BCUT2D eigenvalue weighted by molar-refractivity contribution is -0.129. The van der Waals surface area contributed by atoms with Crippen LogP contribution in [-0.2, 0) is 28.0 Å². The van der Waals surface area contributed by atoms with Crippen LogP contribution < -0.4 is 10.6 Å². The third kappa shape index (κ3) is 7.23. The van der Waals surface area contributed by atoms with Crippen molar-refractivity contribution in [2.75, 3.05) is 26.2 Å². The molecule has 3 aromatic carbocycles. The summed E-state index contributed by atoms with van der Waals surface area (Å²) in [5.41, 5.74) is 3.25. The van der Waals surface area contributed by atoms with Gasteiger partial charge in [-0.15, -0.1) is 0 Å². The minimum absolute atomic E-state index is 0.0384. The van der Waals surface area contributed by atoms with Gasteiger partial charge >= 0.3 is 0 Å². The van der Waals surface area contributed by atoms with Gasteiger partial charge < -0.3 is 20.6 Å². The van der Waals surface area contributed by atoms with Crippen LogP contribution in [0.5, 0.6) is 5.75 Å². The molecular weight excluding hydrogens is 474 g/mol. The molecule has 0 radical (unpaired) electrons. The fourth-order valence-electron chi connectivity index (χ4n) is 5.39. The average molecular weight is 514 g/mol. The van der Waals surface area contributed by atoms with Gasteiger partial charge in [0.1, 0.15) is 5.75 Å². The molecule has 6 heteroatoms. The van der Waals surface area contributed by atoms with Gasteiger partial charge in [0.15, 0.2) is 0 Å². The van der Waals surface area contributed by atoms with E-state index >= 15 is 0 Å². The van der Waals surface area contributed by atoms with Crippen molar-refractivity contribution in [3.05, 3.63) is 102 Å². The third-order valence-electron chi connectivity index (χ3n) is 8.00. The molecular formula is C32H39N3O3. The smallest absolute Gasteiger partial charge is 0.239 e. The van der Waals surface area contributed by atoms with Gasteiger partial charge in [-0.05, 0) is 59.5 Å². The standard InChI is InChI=1S/C32H39N3O3/c1-24-22-35(17-16-32(24,2)28-14-9-15-29(36)19-28)23-27(18-25-10-5-3-6-11-25)31(38)34-21-30(37)33-20-26-12-7-4-8-13-26/h3-15,19,24,27,36H,16-18,20-23H2,1-2H3,(H,33,37)(H,34,38)/t24-,27?,32+/m0/s1. The summed E-state index contributed by atoms with van der Waals surface area (Å²) in [6.45, 7) is 7.28. The third-order valence-corrected chi connectivity index (χ3v) is 8.00. The SMILES string of the molecule is C[C@H]1CN(CC(Cc2ccccc2)C(=O)NCC(=O)NCc2ccccc2)CC[C@@]1(C)c1cccc(O)c1. The Balaban J connectivity index is 1.36. The molecule has 0 saturated carbocycles. The second-order valence-electron chi connectivity index (χ2n) is 10.7. The van der Waals surface area contributed by atoms with Gasteiger partial charge in [0.25, 0.3) is 0 Å². The molecule has 4 rings (SSSR count). The number of aromatic hydroxyl groups is 1. The zero-order valence-corrected chi connectivity index (χ0v) is 22.4. The molecule has 1 heterocycles. The number of phenols is 1. The maximum absolute atomic E-state index is 13.3. The van der Waals surface area contributed by atoms with Crippen LogP contribution in [0.15, 0.2) is 84.9 Å². The number of carbonyl (C=O) groups excluding carboxylic acids is 2. The number of phenolic OH excluding ortho intramolecular Hbond substituents is 1. The molecule has 1 aliphatic rings. The van der Waals surface area contributed by atoms with E-state index in [0.29, 0.717) is 31.2 Å². The summed E-state index contributed by atoms with van der Waals surface area (Å²) in [6.07, 6.45) is 1.56. The van der Waals surface area contributed by atoms with Gasteiger partial charge in [-0.3, -0.25) is 9.59 Å². The first-order valence-corrected chi connectivity index (χ1v) is 13.5. The Morgan fingerprint density at radius 1 is 0.974 bits per heavy atom. The summed E-state index contributed by atoms with van der Waals surface area (Å²) >= 11 is 0. The lowest BCUT2D eigenvalue weighted by atomic mass is 9.68. The Hall–Kier alpha value is -3.64. The van der Waals surface area contributed by atoms with Crippen molar-refractivity contribution in [3.63, 3.8) is 0 Å². The van der Waals surface area contributed by atoms with Crippen molar-refractivity contribution in [3.8, 4) is 5.75 Å². The van der Waals surface area contributed by atoms with E-state index in [1.165, 1.54) is 0 Å². The van der Waals surface area contributed by atoms with E-state index in [2.05, 4.69) is 35.4 Å². The molecule has 2 amide bonds. The molecule has 200 valence electrons. The number of hydrogen-bond donors (Lipinski definition) is 3. The van der Waals surface area contributed by atoms with Crippen LogP contribution in [0.2, 0.25) is 0 Å². The van der Waals surface area contributed by atoms with Crippen LogP contribution in [0.25, 0.3) is 0 Å². The highest BCUT2D eigenvalue weighted by Gasteiger charge is 2.39. The summed E-state index contributed by atoms with van der Waals surface area (Å²) in [4.78, 5) is 28.1. The Morgan fingerprint density at radius 2 is 1.66 bits per heavy atom. The molecule has 0 spiro atoms. The first kappa shape index (κ1) is 27.4. The van der Waals surface area contributed by atoms with Crippen molar-refractivity contribution < 1.29 is 14.7 Å². The number of piperidine rings is 1. The summed E-state index contributed by atoms with van der Waals surface area (Å²) in [7, 11) is 0. The number of hydrogen-bond acceptors (Lipinski definition) is 4. The highest BCUT2D eigenvalue weighted by atomic mass is 16.3. The van der Waals surface area contributed by atoms with Gasteiger partial charge in [-0.2, -0.15) is 0 Å². The van der Waals surface area contributed by atoms with Gasteiger partial charge in [0, 0.05) is 19.6 Å². The van der Waals surface area contributed by atoms with E-state index in [4.69, 9.17) is 0 Å². The van der Waals surface area contributed by atoms with Crippen molar-refractivity contribution in [1.82, 2.24) is 15.5 Å². The van der Waals surface area contributed by atoms with E-state index < -0.39 is 0 Å². The highest BCUT2D eigenvalue weighted by Crippen LogP contribution is 2.40.